The molecule has 0 atom stereocenters. The number of hydrogen-bond donors (Lipinski definition) is 0. The van der Waals surface area contributed by atoms with Crippen LogP contribution in [0.1, 0.15) is 13.7 Å². The van der Waals surface area contributed by atoms with Crippen LogP contribution in [0.3, 0.4) is 0 Å². The Morgan fingerprint density at radius 1 is 0.507 bits per heavy atom. The number of nitrogens with zero attached hydrogens (tertiary/aromatic N) is 4. The molecule has 0 saturated heterocycles. The quantitative estimate of drug-likeness (QED) is 0.0864. The topological polar surface area (TPSA) is 33.3 Å². The summed E-state index contributed by atoms with van der Waals surface area (Å²) in [5.74, 6) is 1.53. The van der Waals surface area contributed by atoms with Crippen LogP contribution in [0.4, 0.5) is 22.7 Å². The first-order chi connectivity index (χ1) is 39.9. The molecule has 7 heteroatoms. The van der Waals surface area contributed by atoms with E-state index in [1.165, 1.54) is 0 Å². The Balaban J connectivity index is 0.00000645. The smallest absolute Gasteiger partial charge is 0.509 e. The summed E-state index contributed by atoms with van der Waals surface area (Å²) in [4.78, 5) is 6.80. The second kappa shape index (κ2) is 18.2. The van der Waals surface area contributed by atoms with E-state index in [2.05, 4.69) is 107 Å². The molecular weight excluding hydrogens is 1090 g/mol. The van der Waals surface area contributed by atoms with E-state index in [1.54, 1.807) is 24.4 Å². The molecule has 4 heterocycles. The minimum absolute atomic E-state index is 0. The fourth-order valence-electron chi connectivity index (χ4n) is 10.9. The molecule has 12 aromatic rings. The minimum Gasteiger partial charge on any atom is -0.509 e. The van der Waals surface area contributed by atoms with Crippen molar-refractivity contribution in [3.05, 3.63) is 267 Å². The number of fused-ring (bicyclic) bond motifs is 7. The van der Waals surface area contributed by atoms with Gasteiger partial charge < -0.3 is 9.30 Å². The number of para-hydroxylation sites is 4. The average Bonchev–Trinajstić information content (AvgIpc) is 1.79. The molecule has 0 radical (unpaired) electrons. The maximum Gasteiger partial charge on any atom is 2.00 e. The Bertz CT molecular complexity index is 4510. The molecule has 0 spiro atoms. The van der Waals surface area contributed by atoms with Crippen LogP contribution in [0.2, 0.25) is 0 Å². The summed E-state index contributed by atoms with van der Waals surface area (Å²) < 4.78 is 101. The number of anilines is 2. The van der Waals surface area contributed by atoms with E-state index >= 15 is 0 Å². The van der Waals surface area contributed by atoms with Gasteiger partial charge in [0.25, 0.3) is 6.34 Å². The maximum atomic E-state index is 9.40. The zero-order chi connectivity index (χ0) is 56.3. The molecule has 73 heavy (non-hydrogen) atoms. The van der Waals surface area contributed by atoms with Gasteiger partial charge in [-0.3, -0.25) is 0 Å². The molecule has 0 unspecified atom stereocenters. The second-order valence-electron chi connectivity index (χ2n) is 17.6. The third-order valence-corrected chi connectivity index (χ3v) is 18.6. The first-order valence-corrected chi connectivity index (χ1v) is 25.5. The van der Waals surface area contributed by atoms with Crippen LogP contribution in [-0.4, -0.2) is 24.0 Å². The summed E-state index contributed by atoms with van der Waals surface area (Å²) >= 11 is 0. The number of rotatable bonds is 8. The van der Waals surface area contributed by atoms with Gasteiger partial charge in [-0.25, -0.2) is 9.88 Å². The first kappa shape index (κ1) is 34.6. The summed E-state index contributed by atoms with van der Waals surface area (Å²) in [5.41, 5.74) is 5.61. The van der Waals surface area contributed by atoms with Gasteiger partial charge >= 0.3 is 21.1 Å². The third kappa shape index (κ3) is 7.09. The van der Waals surface area contributed by atoms with Gasteiger partial charge in [-0.1, -0.05) is 215 Å². The zero-order valence-electron chi connectivity index (χ0n) is 48.6. The summed E-state index contributed by atoms with van der Waals surface area (Å²) in [7, 11) is -3.39. The van der Waals surface area contributed by atoms with Crippen LogP contribution in [-0.2, 0) is 21.1 Å². The molecule has 5 nitrogen and oxygen atoms in total. The molecule has 10 aromatic carbocycles. The molecule has 0 bridgehead atoms. The predicted molar refractivity (Wildman–Crippen MR) is 299 cm³/mol. The van der Waals surface area contributed by atoms with Crippen LogP contribution in [0.15, 0.2) is 255 Å². The van der Waals surface area contributed by atoms with Gasteiger partial charge in [0.15, 0.2) is 0 Å². The number of hydrogen-bond acceptors (Lipinski definition) is 3. The molecule has 0 saturated carbocycles. The van der Waals surface area contributed by atoms with E-state index in [1.807, 2.05) is 95.8 Å². The van der Waals surface area contributed by atoms with Crippen LogP contribution < -0.4 is 35.0 Å². The van der Waals surface area contributed by atoms with Crippen molar-refractivity contribution in [2.45, 2.75) is 0 Å². The van der Waals surface area contributed by atoms with E-state index in [4.69, 9.17) is 17.9 Å². The molecule has 2 aliphatic heterocycles. The van der Waals surface area contributed by atoms with Crippen molar-refractivity contribution in [1.29, 1.82) is 0 Å². The number of benzene rings is 10. The molecular formula is C66H43N4OPtSi+. The van der Waals surface area contributed by atoms with Gasteiger partial charge in [0.1, 0.15) is 31.0 Å². The van der Waals surface area contributed by atoms with E-state index in [0.29, 0.717) is 22.9 Å². The Morgan fingerprint density at radius 2 is 1.11 bits per heavy atom. The Kier molecular flexibility index (Phi) is 8.62. The van der Waals surface area contributed by atoms with Crippen molar-refractivity contribution in [2.24, 2.45) is 0 Å². The Morgan fingerprint density at radius 3 is 1.82 bits per heavy atom. The molecule has 346 valence electrons. The second-order valence-corrected chi connectivity index (χ2v) is 21.3. The zero-order valence-corrected chi connectivity index (χ0v) is 41.8. The third-order valence-electron chi connectivity index (χ3n) is 13.8. The van der Waals surface area contributed by atoms with Crippen LogP contribution in [0, 0.1) is 12.1 Å². The normalized spacial score (nSPS) is 14.9. The standard InChI is InChI=1S/C66H43N4OSi.Pt/c1-5-21-46(22-6-1)52-31-19-32-53(47-23-7-2-8-24-47)65(52)68-45-69-61-44-49(71-48-38-40-56-54-29-14-16-35-59(54)70(60(56)43-48)64-37-17-18-42-67-64)39-41-62(61)72(50-25-9-3-10-26-50,51-27-11-4-12-28-51)63-36-20-33-57(66(63)69)55-30-13-15-34-58(55)68;/h1-42,45H;/q-1;+2/i1D,2D,5D,6D,7D,8D,21D,22D,23D,24D;. The van der Waals surface area contributed by atoms with Gasteiger partial charge in [0.05, 0.1) is 13.7 Å². The van der Waals surface area contributed by atoms with Gasteiger partial charge in [-0.15, -0.1) is 23.6 Å². The van der Waals surface area contributed by atoms with Crippen LogP contribution in [0.25, 0.3) is 61.0 Å². The van der Waals surface area contributed by atoms with E-state index < -0.39 is 68.5 Å². The van der Waals surface area contributed by atoms with Crippen molar-refractivity contribution in [3.8, 4) is 50.7 Å². The molecule has 0 amide bonds. The number of ether oxygens (including phenoxy) is 1. The largest absolute Gasteiger partial charge is 2.00 e. The van der Waals surface area contributed by atoms with Gasteiger partial charge in [-0.05, 0) is 58.1 Å². The minimum atomic E-state index is -3.39. The van der Waals surface area contributed by atoms with Crippen LogP contribution >= 0.6 is 0 Å². The van der Waals surface area contributed by atoms with Crippen molar-refractivity contribution >= 4 is 79.7 Å². The van der Waals surface area contributed by atoms with Gasteiger partial charge in [-0.2, -0.15) is 16.7 Å². The van der Waals surface area contributed by atoms with Gasteiger partial charge in [0, 0.05) is 51.2 Å². The number of pyridine rings is 1. The summed E-state index contributed by atoms with van der Waals surface area (Å²) in [6.07, 6.45) is 3.65. The average molecular weight is 1140 g/mol. The molecule has 14 rings (SSSR count). The first-order valence-electron chi connectivity index (χ1n) is 28.5. The molecule has 2 aromatic heterocycles. The van der Waals surface area contributed by atoms with Gasteiger partial charge in [0.2, 0.25) is 0 Å². The van der Waals surface area contributed by atoms with Crippen molar-refractivity contribution in [3.63, 3.8) is 0 Å². The molecule has 0 fully saturated rings. The maximum absolute atomic E-state index is 9.40. The number of aromatic nitrogens is 2. The van der Waals surface area contributed by atoms with Crippen molar-refractivity contribution < 1.29 is 39.5 Å². The van der Waals surface area contributed by atoms with Crippen molar-refractivity contribution in [1.82, 2.24) is 14.1 Å². The van der Waals surface area contributed by atoms with E-state index in [-0.39, 0.29) is 49.0 Å². The monoisotopic (exact) mass is 1140 g/mol. The molecule has 0 N–H and O–H groups in total. The SMILES string of the molecule is [2H]c1c([2H])c([2H])c(-c2cccc(-c3c([2H])c([2H])c([2H])c([2H])c3[2H])c2[N+]2=CN3c4[c-]c(Oc5[c-]c6c(cc5)c5ccccc5n6-c5ccccn5)ccc4[Si](c4ccccc4)(c4ccccc4)c4cccc(c43)-c3ccccc32)c([2H])c1[2H].[Pt+2]. The fourth-order valence-corrected chi connectivity index (χ4v) is 16.0. The van der Waals surface area contributed by atoms with Crippen LogP contribution in [0.5, 0.6) is 11.5 Å². The van der Waals surface area contributed by atoms with Crippen molar-refractivity contribution in [2.75, 3.05) is 4.90 Å². The summed E-state index contributed by atoms with van der Waals surface area (Å²) in [6, 6.07) is 64.2. The van der Waals surface area contributed by atoms with E-state index in [0.717, 1.165) is 65.2 Å². The van der Waals surface area contributed by atoms with E-state index in [9.17, 15) is 5.48 Å². The molecule has 2 aliphatic rings. The predicted octanol–water partition coefficient (Wildman–Crippen LogP) is 13.3. The Labute approximate surface area is 453 Å². The molecule has 0 aliphatic carbocycles. The summed E-state index contributed by atoms with van der Waals surface area (Å²) in [5, 5.41) is 6.25. The Hall–Kier alpha value is -8.67. The fraction of sp³-hybridized carbons (Fsp3) is 0. The summed E-state index contributed by atoms with van der Waals surface area (Å²) in [6.45, 7) is 0.